The van der Waals surface area contributed by atoms with Crippen LogP contribution in [0.1, 0.15) is 25.7 Å². The third-order valence-electron chi connectivity index (χ3n) is 1.93. The van der Waals surface area contributed by atoms with E-state index in [4.69, 9.17) is 5.11 Å². The number of carbonyl (C=O) groups excluding carboxylic acids is 1. The van der Waals surface area contributed by atoms with E-state index in [0.29, 0.717) is 0 Å². The van der Waals surface area contributed by atoms with Gasteiger partial charge in [-0.15, -0.1) is 0 Å². The van der Waals surface area contributed by atoms with E-state index in [0.717, 1.165) is 32.0 Å². The van der Waals surface area contributed by atoms with Crippen LogP contribution in [0.5, 0.6) is 0 Å². The van der Waals surface area contributed by atoms with Gasteiger partial charge in [-0.05, 0) is 25.7 Å². The Balaban J connectivity index is 2.26. The second-order valence-corrected chi connectivity index (χ2v) is 2.70. The van der Waals surface area contributed by atoms with Gasteiger partial charge in [0.15, 0.2) is 0 Å². The number of aliphatic hydroxyl groups excluding tert-OH is 1. The van der Waals surface area contributed by atoms with Crippen LogP contribution in [0.25, 0.3) is 0 Å². The van der Waals surface area contributed by atoms with Gasteiger partial charge in [-0.25, -0.2) is 0 Å². The van der Waals surface area contributed by atoms with Gasteiger partial charge in [0.05, 0.1) is 6.10 Å². The SMILES string of the molecule is O=C[C@H]1CC[C@@H](O)CC1. The maximum absolute atomic E-state index is 10.2. The number of hydrogen-bond acceptors (Lipinski definition) is 2. The first-order valence-corrected chi connectivity index (χ1v) is 3.46. The van der Waals surface area contributed by atoms with Gasteiger partial charge in [0.25, 0.3) is 0 Å². The molecule has 0 aromatic heterocycles. The van der Waals surface area contributed by atoms with Crippen LogP contribution in [0.15, 0.2) is 0 Å². The predicted octanol–water partition coefficient (Wildman–Crippen LogP) is 0.736. The van der Waals surface area contributed by atoms with Gasteiger partial charge in [-0.3, -0.25) is 0 Å². The zero-order valence-electron chi connectivity index (χ0n) is 5.42. The highest BCUT2D eigenvalue weighted by Gasteiger charge is 2.17. The van der Waals surface area contributed by atoms with Crippen molar-refractivity contribution < 1.29 is 9.90 Å². The Kier molecular flexibility index (Phi) is 2.22. The van der Waals surface area contributed by atoms with Crippen LogP contribution in [0.2, 0.25) is 0 Å². The first-order valence-electron chi connectivity index (χ1n) is 3.46. The molecule has 0 amide bonds. The van der Waals surface area contributed by atoms with Crippen molar-refractivity contribution in [1.82, 2.24) is 0 Å². The Bertz CT molecular complexity index is 93.1. The minimum Gasteiger partial charge on any atom is -0.393 e. The van der Waals surface area contributed by atoms with Crippen LogP contribution >= 0.6 is 0 Å². The fourth-order valence-corrected chi connectivity index (χ4v) is 1.24. The summed E-state index contributed by atoms with van der Waals surface area (Å²) in [5, 5.41) is 9.01. The standard InChI is InChI=1S/C7H12O2/c8-5-6-1-3-7(9)4-2-6/h5-7,9H,1-4H2/t6-,7+. The molecular weight excluding hydrogens is 116 g/mol. The summed E-state index contributed by atoms with van der Waals surface area (Å²) >= 11 is 0. The molecule has 0 unspecified atom stereocenters. The molecule has 1 N–H and O–H groups in total. The van der Waals surface area contributed by atoms with Crippen molar-refractivity contribution in [3.8, 4) is 0 Å². The van der Waals surface area contributed by atoms with Crippen molar-refractivity contribution in [1.29, 1.82) is 0 Å². The molecule has 2 heteroatoms. The summed E-state index contributed by atoms with van der Waals surface area (Å²) in [4.78, 5) is 10.2. The Morgan fingerprint density at radius 2 is 1.78 bits per heavy atom. The molecule has 1 aliphatic rings. The van der Waals surface area contributed by atoms with Crippen molar-refractivity contribution in [2.24, 2.45) is 5.92 Å². The minimum absolute atomic E-state index is 0.138. The Labute approximate surface area is 54.9 Å². The molecule has 2 nitrogen and oxygen atoms in total. The van der Waals surface area contributed by atoms with Gasteiger partial charge in [0.1, 0.15) is 6.29 Å². The van der Waals surface area contributed by atoms with Crippen molar-refractivity contribution >= 4 is 6.29 Å². The maximum atomic E-state index is 10.2. The van der Waals surface area contributed by atoms with E-state index >= 15 is 0 Å². The van der Waals surface area contributed by atoms with Crippen molar-refractivity contribution in [2.75, 3.05) is 0 Å². The molecule has 0 atom stereocenters. The average molecular weight is 128 g/mol. The molecule has 0 heterocycles. The van der Waals surface area contributed by atoms with E-state index in [-0.39, 0.29) is 12.0 Å². The topological polar surface area (TPSA) is 37.3 Å². The summed E-state index contributed by atoms with van der Waals surface area (Å²) in [5.74, 6) is 0.230. The van der Waals surface area contributed by atoms with Crippen molar-refractivity contribution in [3.05, 3.63) is 0 Å². The lowest BCUT2D eigenvalue weighted by atomic mass is 9.89. The molecule has 0 bridgehead atoms. The summed E-state index contributed by atoms with van der Waals surface area (Å²) in [5.41, 5.74) is 0. The highest BCUT2D eigenvalue weighted by Crippen LogP contribution is 2.21. The molecular formula is C7H12O2. The van der Waals surface area contributed by atoms with Gasteiger partial charge in [-0.2, -0.15) is 0 Å². The van der Waals surface area contributed by atoms with Gasteiger partial charge < -0.3 is 9.90 Å². The van der Waals surface area contributed by atoms with Crippen LogP contribution in [0.3, 0.4) is 0 Å². The molecule has 0 radical (unpaired) electrons. The molecule has 0 spiro atoms. The summed E-state index contributed by atoms with van der Waals surface area (Å²) in [6, 6.07) is 0. The van der Waals surface area contributed by atoms with E-state index in [9.17, 15) is 4.79 Å². The third-order valence-corrected chi connectivity index (χ3v) is 1.93. The number of aldehydes is 1. The van der Waals surface area contributed by atoms with Gasteiger partial charge in [0.2, 0.25) is 0 Å². The molecule has 1 rings (SSSR count). The first kappa shape index (κ1) is 6.75. The molecule has 1 saturated carbocycles. The molecule has 0 aromatic rings. The predicted molar refractivity (Wildman–Crippen MR) is 34.0 cm³/mol. The molecule has 0 aromatic carbocycles. The highest BCUT2D eigenvalue weighted by molar-refractivity contribution is 5.53. The van der Waals surface area contributed by atoms with Crippen molar-refractivity contribution in [2.45, 2.75) is 31.8 Å². The summed E-state index contributed by atoms with van der Waals surface area (Å²) in [6.45, 7) is 0. The second-order valence-electron chi connectivity index (χ2n) is 2.70. The molecule has 1 fully saturated rings. The summed E-state index contributed by atoms with van der Waals surface area (Å²) in [6.07, 6.45) is 4.25. The van der Waals surface area contributed by atoms with E-state index in [1.165, 1.54) is 0 Å². The molecule has 0 aliphatic heterocycles. The lowest BCUT2D eigenvalue weighted by Gasteiger charge is -2.20. The lowest BCUT2D eigenvalue weighted by Crippen LogP contribution is -2.18. The number of carbonyl (C=O) groups is 1. The lowest BCUT2D eigenvalue weighted by molar-refractivity contribution is -0.112. The third kappa shape index (κ3) is 1.79. The molecule has 0 saturated heterocycles. The Hall–Kier alpha value is -0.370. The van der Waals surface area contributed by atoms with Crippen molar-refractivity contribution in [3.63, 3.8) is 0 Å². The number of aliphatic hydroxyl groups is 1. The van der Waals surface area contributed by atoms with Crippen LogP contribution in [0, 0.1) is 5.92 Å². The van der Waals surface area contributed by atoms with Gasteiger partial charge in [-0.1, -0.05) is 0 Å². The molecule has 9 heavy (non-hydrogen) atoms. The van der Waals surface area contributed by atoms with Crippen LogP contribution in [-0.4, -0.2) is 17.5 Å². The highest BCUT2D eigenvalue weighted by atomic mass is 16.3. The summed E-state index contributed by atoms with van der Waals surface area (Å²) < 4.78 is 0. The Morgan fingerprint density at radius 1 is 1.22 bits per heavy atom. The van der Waals surface area contributed by atoms with Gasteiger partial charge in [0, 0.05) is 5.92 Å². The monoisotopic (exact) mass is 128 g/mol. The molecule has 1 aliphatic carbocycles. The van der Waals surface area contributed by atoms with Crippen LogP contribution in [0.4, 0.5) is 0 Å². The molecule has 52 valence electrons. The van der Waals surface area contributed by atoms with E-state index in [1.54, 1.807) is 0 Å². The van der Waals surface area contributed by atoms with E-state index < -0.39 is 0 Å². The zero-order chi connectivity index (χ0) is 6.69. The zero-order valence-corrected chi connectivity index (χ0v) is 5.42. The number of hydrogen-bond donors (Lipinski definition) is 1. The van der Waals surface area contributed by atoms with Crippen LogP contribution in [-0.2, 0) is 4.79 Å². The number of rotatable bonds is 1. The smallest absolute Gasteiger partial charge is 0.123 e. The maximum Gasteiger partial charge on any atom is 0.123 e. The Morgan fingerprint density at radius 3 is 2.22 bits per heavy atom. The van der Waals surface area contributed by atoms with E-state index in [1.807, 2.05) is 0 Å². The first-order chi connectivity index (χ1) is 4.33. The van der Waals surface area contributed by atoms with Gasteiger partial charge >= 0.3 is 0 Å². The fourth-order valence-electron chi connectivity index (χ4n) is 1.24. The summed E-state index contributed by atoms with van der Waals surface area (Å²) in [7, 11) is 0. The second kappa shape index (κ2) is 2.97. The quantitative estimate of drug-likeness (QED) is 0.529. The normalized spacial score (nSPS) is 36.1. The van der Waals surface area contributed by atoms with Crippen LogP contribution < -0.4 is 0 Å². The van der Waals surface area contributed by atoms with E-state index in [2.05, 4.69) is 0 Å². The average Bonchev–Trinajstić information content (AvgIpc) is 1.90. The minimum atomic E-state index is -0.138. The largest absolute Gasteiger partial charge is 0.393 e. The fraction of sp³-hybridized carbons (Fsp3) is 0.857.